The molecule has 2 N–H and O–H groups in total. The second kappa shape index (κ2) is 6.66. The maximum absolute atomic E-state index is 11.8. The molecule has 1 amide bonds. The standard InChI is InChI=1S/C15H23N3O/c1-16-11-15(8-4-9-15)12-18-14(19)7-6-13-5-2-3-10-17-13/h2-3,5,10,16H,4,6-9,11-12H2,1H3,(H,18,19). The number of hydrogen-bond donors (Lipinski definition) is 2. The van der Waals surface area contributed by atoms with Crippen molar-refractivity contribution in [2.24, 2.45) is 5.41 Å². The topological polar surface area (TPSA) is 54.0 Å². The number of rotatable bonds is 7. The van der Waals surface area contributed by atoms with Gasteiger partial charge in [-0.3, -0.25) is 9.78 Å². The van der Waals surface area contributed by atoms with Gasteiger partial charge in [-0.15, -0.1) is 0 Å². The number of nitrogens with zero attached hydrogens (tertiary/aromatic N) is 1. The first-order valence-electron chi connectivity index (χ1n) is 7.05. The highest BCUT2D eigenvalue weighted by Crippen LogP contribution is 2.39. The minimum atomic E-state index is 0.132. The number of hydrogen-bond acceptors (Lipinski definition) is 3. The number of aromatic nitrogens is 1. The van der Waals surface area contributed by atoms with Crippen LogP contribution in [0.2, 0.25) is 0 Å². The van der Waals surface area contributed by atoms with Gasteiger partial charge in [-0.2, -0.15) is 0 Å². The van der Waals surface area contributed by atoms with E-state index in [1.54, 1.807) is 6.20 Å². The zero-order valence-electron chi connectivity index (χ0n) is 11.6. The molecule has 1 heterocycles. The van der Waals surface area contributed by atoms with Crippen LogP contribution < -0.4 is 10.6 Å². The van der Waals surface area contributed by atoms with Gasteiger partial charge in [0.05, 0.1) is 0 Å². The van der Waals surface area contributed by atoms with Crippen molar-refractivity contribution in [2.75, 3.05) is 20.1 Å². The van der Waals surface area contributed by atoms with Crippen molar-refractivity contribution in [3.63, 3.8) is 0 Å². The van der Waals surface area contributed by atoms with Gasteiger partial charge in [0.15, 0.2) is 0 Å². The molecule has 0 spiro atoms. The molecule has 4 nitrogen and oxygen atoms in total. The molecule has 104 valence electrons. The van der Waals surface area contributed by atoms with Gasteiger partial charge in [-0.05, 0) is 38.4 Å². The number of amides is 1. The smallest absolute Gasteiger partial charge is 0.220 e. The van der Waals surface area contributed by atoms with Crippen molar-refractivity contribution in [3.05, 3.63) is 30.1 Å². The Balaban J connectivity index is 1.70. The Bertz CT molecular complexity index is 401. The molecule has 0 aromatic carbocycles. The monoisotopic (exact) mass is 261 g/mol. The van der Waals surface area contributed by atoms with E-state index in [4.69, 9.17) is 0 Å². The van der Waals surface area contributed by atoms with E-state index in [0.29, 0.717) is 18.3 Å². The van der Waals surface area contributed by atoms with E-state index in [1.165, 1.54) is 19.3 Å². The molecule has 0 atom stereocenters. The third-order valence-electron chi connectivity index (χ3n) is 3.96. The van der Waals surface area contributed by atoms with Crippen molar-refractivity contribution < 1.29 is 4.79 Å². The van der Waals surface area contributed by atoms with Crippen molar-refractivity contribution in [1.29, 1.82) is 0 Å². The predicted octanol–water partition coefficient (Wildman–Crippen LogP) is 1.52. The molecule has 1 aliphatic carbocycles. The molecular formula is C15H23N3O. The van der Waals surface area contributed by atoms with E-state index in [9.17, 15) is 4.79 Å². The summed E-state index contributed by atoms with van der Waals surface area (Å²) >= 11 is 0. The van der Waals surface area contributed by atoms with Gasteiger partial charge < -0.3 is 10.6 Å². The number of nitrogens with one attached hydrogen (secondary N) is 2. The molecule has 19 heavy (non-hydrogen) atoms. The quantitative estimate of drug-likeness (QED) is 0.782. The number of pyridine rings is 1. The van der Waals surface area contributed by atoms with Gasteiger partial charge in [0, 0.05) is 36.8 Å². The maximum atomic E-state index is 11.8. The fourth-order valence-corrected chi connectivity index (χ4v) is 2.63. The van der Waals surface area contributed by atoms with E-state index in [2.05, 4.69) is 15.6 Å². The third kappa shape index (κ3) is 4.03. The molecule has 1 aromatic heterocycles. The summed E-state index contributed by atoms with van der Waals surface area (Å²) in [7, 11) is 1.98. The summed E-state index contributed by atoms with van der Waals surface area (Å²) in [5.74, 6) is 0.132. The van der Waals surface area contributed by atoms with Gasteiger partial charge in [0.1, 0.15) is 0 Å². The predicted molar refractivity (Wildman–Crippen MR) is 75.8 cm³/mol. The molecule has 4 heteroatoms. The van der Waals surface area contributed by atoms with Crippen LogP contribution in [-0.2, 0) is 11.2 Å². The van der Waals surface area contributed by atoms with Crippen LogP contribution in [0.15, 0.2) is 24.4 Å². The Kier molecular flexibility index (Phi) is 4.91. The van der Waals surface area contributed by atoms with Crippen LogP contribution in [0.4, 0.5) is 0 Å². The van der Waals surface area contributed by atoms with Crippen LogP contribution in [0.1, 0.15) is 31.4 Å². The highest BCUT2D eigenvalue weighted by molar-refractivity contribution is 5.76. The second-order valence-electron chi connectivity index (χ2n) is 5.48. The van der Waals surface area contributed by atoms with E-state index in [-0.39, 0.29) is 5.91 Å². The lowest BCUT2D eigenvalue weighted by atomic mass is 9.68. The highest BCUT2D eigenvalue weighted by atomic mass is 16.1. The lowest BCUT2D eigenvalue weighted by Crippen LogP contribution is -2.47. The van der Waals surface area contributed by atoms with Crippen LogP contribution in [-0.4, -0.2) is 31.0 Å². The summed E-state index contributed by atoms with van der Waals surface area (Å²) in [6.07, 6.45) is 6.72. The molecular weight excluding hydrogens is 238 g/mol. The normalized spacial score (nSPS) is 16.7. The van der Waals surface area contributed by atoms with Crippen LogP contribution in [0.5, 0.6) is 0 Å². The first-order valence-corrected chi connectivity index (χ1v) is 7.05. The third-order valence-corrected chi connectivity index (χ3v) is 3.96. The van der Waals surface area contributed by atoms with Gasteiger partial charge in [-0.25, -0.2) is 0 Å². The fraction of sp³-hybridized carbons (Fsp3) is 0.600. The molecule has 0 saturated heterocycles. The molecule has 0 unspecified atom stereocenters. The van der Waals surface area contributed by atoms with E-state index < -0.39 is 0 Å². The Hall–Kier alpha value is -1.42. The highest BCUT2D eigenvalue weighted by Gasteiger charge is 2.36. The molecule has 0 radical (unpaired) electrons. The second-order valence-corrected chi connectivity index (χ2v) is 5.48. The van der Waals surface area contributed by atoms with Crippen LogP contribution >= 0.6 is 0 Å². The van der Waals surface area contributed by atoms with E-state index in [0.717, 1.165) is 18.8 Å². The SMILES string of the molecule is CNCC1(CNC(=O)CCc2ccccn2)CCC1. The van der Waals surface area contributed by atoms with Crippen molar-refractivity contribution >= 4 is 5.91 Å². The number of carbonyl (C=O) groups is 1. The van der Waals surface area contributed by atoms with Gasteiger partial charge in [0.25, 0.3) is 0 Å². The number of aryl methyl sites for hydroxylation is 1. The minimum Gasteiger partial charge on any atom is -0.355 e. The van der Waals surface area contributed by atoms with Crippen LogP contribution in [0, 0.1) is 5.41 Å². The van der Waals surface area contributed by atoms with Crippen molar-refractivity contribution in [2.45, 2.75) is 32.1 Å². The molecule has 0 aliphatic heterocycles. The first kappa shape index (κ1) is 14.0. The molecule has 1 saturated carbocycles. The summed E-state index contributed by atoms with van der Waals surface area (Å²) in [5.41, 5.74) is 1.28. The lowest BCUT2D eigenvalue weighted by Gasteiger charge is -2.42. The van der Waals surface area contributed by atoms with Crippen LogP contribution in [0.25, 0.3) is 0 Å². The largest absolute Gasteiger partial charge is 0.355 e. The van der Waals surface area contributed by atoms with Crippen molar-refractivity contribution in [1.82, 2.24) is 15.6 Å². The number of carbonyl (C=O) groups excluding carboxylic acids is 1. The van der Waals surface area contributed by atoms with Gasteiger partial charge in [0.2, 0.25) is 5.91 Å². The summed E-state index contributed by atoms with van der Waals surface area (Å²) in [6, 6.07) is 5.81. The maximum Gasteiger partial charge on any atom is 0.220 e. The average Bonchev–Trinajstić information content (AvgIpc) is 2.40. The summed E-state index contributed by atoms with van der Waals surface area (Å²) in [4.78, 5) is 16.1. The molecule has 1 aromatic rings. The average molecular weight is 261 g/mol. The summed E-state index contributed by atoms with van der Waals surface area (Å²) < 4.78 is 0. The lowest BCUT2D eigenvalue weighted by molar-refractivity contribution is -0.121. The molecule has 1 aliphatic rings. The molecule has 2 rings (SSSR count). The van der Waals surface area contributed by atoms with Crippen molar-refractivity contribution in [3.8, 4) is 0 Å². The Morgan fingerprint density at radius 3 is 2.79 bits per heavy atom. The summed E-state index contributed by atoms with van der Waals surface area (Å²) in [6.45, 7) is 1.79. The Morgan fingerprint density at radius 2 is 2.21 bits per heavy atom. The Morgan fingerprint density at radius 1 is 1.37 bits per heavy atom. The van der Waals surface area contributed by atoms with Gasteiger partial charge in [-0.1, -0.05) is 12.5 Å². The first-order chi connectivity index (χ1) is 9.24. The molecule has 0 bridgehead atoms. The van der Waals surface area contributed by atoms with E-state index >= 15 is 0 Å². The minimum absolute atomic E-state index is 0.132. The Labute approximate surface area is 115 Å². The van der Waals surface area contributed by atoms with Gasteiger partial charge >= 0.3 is 0 Å². The van der Waals surface area contributed by atoms with E-state index in [1.807, 2.05) is 25.2 Å². The zero-order valence-corrected chi connectivity index (χ0v) is 11.6. The fourth-order valence-electron chi connectivity index (χ4n) is 2.63. The summed E-state index contributed by atoms with van der Waals surface area (Å²) in [5, 5.41) is 6.30. The zero-order chi connectivity index (χ0) is 13.6. The van der Waals surface area contributed by atoms with Crippen LogP contribution in [0.3, 0.4) is 0 Å². The molecule has 1 fully saturated rings.